The Morgan fingerprint density at radius 3 is 2.48 bits per heavy atom. The molecule has 8 heteroatoms. The van der Waals surface area contributed by atoms with Gasteiger partial charge in [0.25, 0.3) is 0 Å². The van der Waals surface area contributed by atoms with E-state index in [9.17, 15) is 12.8 Å². The van der Waals surface area contributed by atoms with Crippen molar-refractivity contribution < 1.29 is 12.8 Å². The van der Waals surface area contributed by atoms with Gasteiger partial charge < -0.3 is 4.90 Å². The molecule has 1 aromatic carbocycles. The average Bonchev–Trinajstić information content (AvgIpc) is 3.07. The van der Waals surface area contributed by atoms with Gasteiger partial charge in [0, 0.05) is 31.6 Å². The van der Waals surface area contributed by atoms with Crippen molar-refractivity contribution in [1.29, 1.82) is 0 Å². The summed E-state index contributed by atoms with van der Waals surface area (Å²) in [4.78, 5) is 2.36. The number of aromatic nitrogens is 2. The second kappa shape index (κ2) is 6.83. The van der Waals surface area contributed by atoms with Crippen LogP contribution < -0.4 is 4.90 Å². The molecule has 2 saturated heterocycles. The number of aryl methyl sites for hydroxylation is 1. The zero-order valence-electron chi connectivity index (χ0n) is 15.3. The van der Waals surface area contributed by atoms with Crippen LogP contribution in [0, 0.1) is 18.2 Å². The number of nitrogens with zero attached hydrogens (tertiary/aromatic N) is 4. The van der Waals surface area contributed by atoms with Gasteiger partial charge in [-0.3, -0.25) is 0 Å². The molecule has 2 aromatic rings. The van der Waals surface area contributed by atoms with Crippen molar-refractivity contribution in [1.82, 2.24) is 14.5 Å². The van der Waals surface area contributed by atoms with Crippen LogP contribution >= 0.6 is 0 Å². The summed E-state index contributed by atoms with van der Waals surface area (Å²) in [5, 5.41) is 8.43. The van der Waals surface area contributed by atoms with Crippen molar-refractivity contribution in [2.24, 2.45) is 5.41 Å². The van der Waals surface area contributed by atoms with Crippen LogP contribution in [0.2, 0.25) is 0 Å². The number of rotatable bonds is 3. The Bertz CT molecular complexity index is 918. The number of benzene rings is 1. The smallest absolute Gasteiger partial charge is 0.243 e. The Morgan fingerprint density at radius 1 is 1.00 bits per heavy atom. The van der Waals surface area contributed by atoms with E-state index in [1.54, 1.807) is 4.31 Å². The van der Waals surface area contributed by atoms with Crippen molar-refractivity contribution in [2.45, 2.75) is 31.1 Å². The number of sulfonamides is 1. The van der Waals surface area contributed by atoms with E-state index in [1.165, 1.54) is 24.3 Å². The Hall–Kier alpha value is -2.06. The Morgan fingerprint density at radius 2 is 1.78 bits per heavy atom. The van der Waals surface area contributed by atoms with E-state index in [0.717, 1.165) is 43.9 Å². The highest BCUT2D eigenvalue weighted by atomic mass is 32.2. The maximum absolute atomic E-state index is 13.1. The van der Waals surface area contributed by atoms with Crippen LogP contribution in [0.5, 0.6) is 0 Å². The van der Waals surface area contributed by atoms with E-state index < -0.39 is 15.8 Å². The molecule has 0 bridgehead atoms. The van der Waals surface area contributed by atoms with Crippen molar-refractivity contribution in [3.8, 4) is 0 Å². The fraction of sp³-hybridized carbons (Fsp3) is 0.474. The van der Waals surface area contributed by atoms with Gasteiger partial charge >= 0.3 is 0 Å². The van der Waals surface area contributed by atoms with Gasteiger partial charge in [0.15, 0.2) is 5.82 Å². The van der Waals surface area contributed by atoms with Gasteiger partial charge in [0.1, 0.15) is 5.82 Å². The number of hydrogen-bond acceptors (Lipinski definition) is 5. The second-order valence-corrected chi connectivity index (χ2v) is 9.54. The molecule has 3 heterocycles. The van der Waals surface area contributed by atoms with Crippen molar-refractivity contribution in [3.63, 3.8) is 0 Å². The molecule has 0 radical (unpaired) electrons. The summed E-state index contributed by atoms with van der Waals surface area (Å²) < 4.78 is 40.5. The molecular formula is C19H23FN4O2S. The molecule has 0 amide bonds. The zero-order chi connectivity index (χ0) is 19.1. The number of piperidine rings is 1. The average molecular weight is 390 g/mol. The lowest BCUT2D eigenvalue weighted by molar-refractivity contribution is 0.246. The molecule has 2 aliphatic rings. The van der Waals surface area contributed by atoms with Gasteiger partial charge in [0.05, 0.1) is 10.6 Å². The SMILES string of the molecule is Cc1ccc(N2CCC[C@@]3(CCN(S(=O)(=O)c4ccc(F)cc4)C3)C2)nn1. The van der Waals surface area contributed by atoms with Gasteiger partial charge in [-0.15, -0.1) is 5.10 Å². The molecule has 0 N–H and O–H groups in total. The third-order valence-corrected chi connectivity index (χ3v) is 7.48. The van der Waals surface area contributed by atoms with Crippen LogP contribution in [0.4, 0.5) is 10.2 Å². The number of halogens is 1. The minimum Gasteiger partial charge on any atom is -0.355 e. The minimum absolute atomic E-state index is 0.0715. The van der Waals surface area contributed by atoms with E-state index in [2.05, 4.69) is 15.1 Å². The molecule has 4 rings (SSSR count). The molecular weight excluding hydrogens is 367 g/mol. The zero-order valence-corrected chi connectivity index (χ0v) is 16.1. The van der Waals surface area contributed by atoms with Gasteiger partial charge in [-0.1, -0.05) is 0 Å². The molecule has 2 aliphatic heterocycles. The van der Waals surface area contributed by atoms with Crippen LogP contribution in [0.25, 0.3) is 0 Å². The van der Waals surface area contributed by atoms with Crippen LogP contribution in [0.15, 0.2) is 41.3 Å². The van der Waals surface area contributed by atoms with Gasteiger partial charge in [-0.2, -0.15) is 9.40 Å². The Kier molecular flexibility index (Phi) is 4.63. The summed E-state index contributed by atoms with van der Waals surface area (Å²) in [5.74, 6) is 0.411. The van der Waals surface area contributed by atoms with Crippen LogP contribution in [0.1, 0.15) is 25.0 Å². The Balaban J connectivity index is 1.52. The highest BCUT2D eigenvalue weighted by Crippen LogP contribution is 2.41. The molecule has 2 fully saturated rings. The quantitative estimate of drug-likeness (QED) is 0.806. The lowest BCUT2D eigenvalue weighted by Crippen LogP contribution is -2.45. The molecule has 27 heavy (non-hydrogen) atoms. The van der Waals surface area contributed by atoms with E-state index in [4.69, 9.17) is 0 Å². The summed E-state index contributed by atoms with van der Waals surface area (Å²) in [5.41, 5.74) is 0.806. The highest BCUT2D eigenvalue weighted by Gasteiger charge is 2.45. The van der Waals surface area contributed by atoms with E-state index in [-0.39, 0.29) is 10.3 Å². The van der Waals surface area contributed by atoms with Crippen molar-refractivity contribution in [2.75, 3.05) is 31.1 Å². The molecule has 6 nitrogen and oxygen atoms in total. The standard InChI is InChI=1S/C19H23FN4O2S/c1-15-3-8-18(22-21-15)23-11-2-9-19(13-23)10-12-24(14-19)27(25,26)17-6-4-16(20)5-7-17/h3-8H,2,9-14H2,1H3/t19-/m1/s1. The molecule has 1 atom stereocenters. The predicted octanol–water partition coefficient (Wildman–Crippen LogP) is 2.61. The lowest BCUT2D eigenvalue weighted by Gasteiger charge is -2.40. The monoisotopic (exact) mass is 390 g/mol. The van der Waals surface area contributed by atoms with Gasteiger partial charge in [-0.25, -0.2) is 12.8 Å². The van der Waals surface area contributed by atoms with E-state index in [0.29, 0.717) is 13.1 Å². The fourth-order valence-electron chi connectivity index (χ4n) is 4.15. The first-order valence-electron chi connectivity index (χ1n) is 9.19. The molecule has 1 aromatic heterocycles. The lowest BCUT2D eigenvalue weighted by atomic mass is 9.79. The Labute approximate surface area is 159 Å². The number of anilines is 1. The van der Waals surface area contributed by atoms with Gasteiger partial charge in [-0.05, 0) is 62.6 Å². The highest BCUT2D eigenvalue weighted by molar-refractivity contribution is 7.89. The minimum atomic E-state index is -3.60. The molecule has 0 saturated carbocycles. The van der Waals surface area contributed by atoms with E-state index >= 15 is 0 Å². The third kappa shape index (κ3) is 3.55. The first-order valence-corrected chi connectivity index (χ1v) is 10.6. The maximum atomic E-state index is 13.1. The molecule has 1 spiro atoms. The molecule has 144 valence electrons. The first-order chi connectivity index (χ1) is 12.9. The van der Waals surface area contributed by atoms with Crippen LogP contribution in [0.3, 0.4) is 0 Å². The topological polar surface area (TPSA) is 66.4 Å². The largest absolute Gasteiger partial charge is 0.355 e. The predicted molar refractivity (Wildman–Crippen MR) is 100 cm³/mol. The summed E-state index contributed by atoms with van der Waals surface area (Å²) in [7, 11) is -3.60. The fourth-order valence-corrected chi connectivity index (χ4v) is 5.71. The molecule has 0 unspecified atom stereocenters. The van der Waals surface area contributed by atoms with Crippen LogP contribution in [-0.4, -0.2) is 49.1 Å². The summed E-state index contributed by atoms with van der Waals surface area (Å²) in [6.45, 7) is 4.57. The summed E-state index contributed by atoms with van der Waals surface area (Å²) in [6.07, 6.45) is 2.82. The normalized spacial score (nSPS) is 23.9. The number of hydrogen-bond donors (Lipinski definition) is 0. The van der Waals surface area contributed by atoms with E-state index in [1.807, 2.05) is 19.1 Å². The maximum Gasteiger partial charge on any atom is 0.243 e. The molecule has 0 aliphatic carbocycles. The van der Waals surface area contributed by atoms with Crippen molar-refractivity contribution in [3.05, 3.63) is 47.9 Å². The summed E-state index contributed by atoms with van der Waals surface area (Å²) in [6, 6.07) is 8.98. The van der Waals surface area contributed by atoms with Gasteiger partial charge in [0.2, 0.25) is 10.0 Å². The second-order valence-electron chi connectivity index (χ2n) is 7.60. The third-order valence-electron chi connectivity index (χ3n) is 5.62. The summed E-state index contributed by atoms with van der Waals surface area (Å²) >= 11 is 0. The van der Waals surface area contributed by atoms with Crippen LogP contribution in [-0.2, 0) is 10.0 Å². The van der Waals surface area contributed by atoms with Crippen molar-refractivity contribution >= 4 is 15.8 Å². The first kappa shape index (κ1) is 18.3.